The van der Waals surface area contributed by atoms with Crippen LogP contribution >= 0.6 is 11.6 Å². The molecule has 3 aromatic heterocycles. The fourth-order valence-electron chi connectivity index (χ4n) is 5.02. The van der Waals surface area contributed by atoms with Crippen molar-refractivity contribution in [3.05, 3.63) is 59.8 Å². The van der Waals surface area contributed by atoms with Crippen LogP contribution < -0.4 is 15.0 Å². The fraction of sp³-hybridized carbons (Fsp3) is 0.308. The van der Waals surface area contributed by atoms with E-state index in [0.29, 0.717) is 60.0 Å². The number of anilines is 3. The minimum absolute atomic E-state index is 0.0378. The first-order valence-electron chi connectivity index (χ1n) is 12.1. The number of carbonyl (C=O) groups excluding carboxylic acids is 1. The first-order valence-corrected chi connectivity index (χ1v) is 12.5. The Morgan fingerprint density at radius 1 is 1.16 bits per heavy atom. The van der Waals surface area contributed by atoms with Gasteiger partial charge in [0.2, 0.25) is 11.9 Å². The number of carbonyl (C=O) groups is 1. The molecular formula is C26H25ClFN7O3. The lowest BCUT2D eigenvalue weighted by Gasteiger charge is -2.46. The quantitative estimate of drug-likeness (QED) is 0.411. The van der Waals surface area contributed by atoms with Crippen molar-refractivity contribution in [2.75, 3.05) is 43.5 Å². The predicted molar refractivity (Wildman–Crippen MR) is 141 cm³/mol. The number of hydrogen-bond donors (Lipinski definition) is 1. The zero-order valence-electron chi connectivity index (χ0n) is 20.8. The van der Waals surface area contributed by atoms with Gasteiger partial charge in [0.25, 0.3) is 0 Å². The third-order valence-electron chi connectivity index (χ3n) is 6.80. The molecule has 2 bridgehead atoms. The summed E-state index contributed by atoms with van der Waals surface area (Å²) in [5, 5.41) is 3.51. The van der Waals surface area contributed by atoms with Crippen LogP contribution in [0, 0.1) is 5.82 Å². The highest BCUT2D eigenvalue weighted by Gasteiger charge is 2.36. The normalized spacial score (nSPS) is 19.1. The van der Waals surface area contributed by atoms with Gasteiger partial charge in [-0.15, -0.1) is 0 Å². The molecule has 10 nitrogen and oxygen atoms in total. The van der Waals surface area contributed by atoms with E-state index in [1.54, 1.807) is 30.7 Å². The minimum Gasteiger partial charge on any atom is -0.494 e. The highest BCUT2D eigenvalue weighted by Crippen LogP contribution is 2.34. The lowest BCUT2D eigenvalue weighted by molar-refractivity contribution is -0.145. The second-order valence-electron chi connectivity index (χ2n) is 9.30. The molecule has 1 N–H and O–H groups in total. The first-order chi connectivity index (χ1) is 18.4. The van der Waals surface area contributed by atoms with E-state index in [9.17, 15) is 9.18 Å². The van der Waals surface area contributed by atoms with E-state index in [0.717, 1.165) is 5.69 Å². The Morgan fingerprint density at radius 2 is 1.95 bits per heavy atom. The van der Waals surface area contributed by atoms with Gasteiger partial charge in [-0.2, -0.15) is 0 Å². The van der Waals surface area contributed by atoms with Crippen molar-refractivity contribution in [2.24, 2.45) is 0 Å². The second kappa shape index (κ2) is 9.73. The predicted octanol–water partition coefficient (Wildman–Crippen LogP) is 3.77. The fourth-order valence-corrected chi connectivity index (χ4v) is 5.21. The molecule has 0 radical (unpaired) electrons. The third-order valence-corrected chi connectivity index (χ3v) is 7.07. The molecule has 1 aromatic carbocycles. The molecule has 2 unspecified atom stereocenters. The molecule has 5 heterocycles. The summed E-state index contributed by atoms with van der Waals surface area (Å²) in [5.41, 5.74) is 2.80. The Balaban J connectivity index is 1.24. The van der Waals surface area contributed by atoms with Crippen LogP contribution in [0.15, 0.2) is 48.9 Å². The van der Waals surface area contributed by atoms with E-state index in [4.69, 9.17) is 21.1 Å². The average molecular weight is 538 g/mol. The van der Waals surface area contributed by atoms with Crippen molar-refractivity contribution in [3.8, 4) is 17.1 Å². The molecule has 2 saturated heterocycles. The number of nitrogens with one attached hydrogen (secondary N) is 1. The van der Waals surface area contributed by atoms with Gasteiger partial charge in [-0.1, -0.05) is 11.6 Å². The Labute approximate surface area is 223 Å². The molecule has 2 fully saturated rings. The number of halogens is 2. The van der Waals surface area contributed by atoms with E-state index in [1.807, 2.05) is 23.1 Å². The Kier molecular flexibility index (Phi) is 6.24. The van der Waals surface area contributed by atoms with E-state index in [1.165, 1.54) is 18.5 Å². The number of amides is 1. The van der Waals surface area contributed by atoms with Crippen LogP contribution in [0.25, 0.3) is 17.0 Å². The van der Waals surface area contributed by atoms with E-state index in [2.05, 4.69) is 25.2 Å². The second-order valence-corrected chi connectivity index (χ2v) is 9.71. The number of aromatic nitrogens is 4. The monoisotopic (exact) mass is 537 g/mol. The number of benzene rings is 1. The van der Waals surface area contributed by atoms with Crippen LogP contribution in [0.5, 0.6) is 5.75 Å². The number of methoxy groups -OCH3 is 1. The van der Waals surface area contributed by atoms with Crippen molar-refractivity contribution in [1.82, 2.24) is 24.3 Å². The number of ether oxygens (including phenoxy) is 2. The van der Waals surface area contributed by atoms with Gasteiger partial charge in [-0.3, -0.25) is 9.20 Å². The summed E-state index contributed by atoms with van der Waals surface area (Å²) in [4.78, 5) is 29.0. The lowest BCUT2D eigenvalue weighted by atomic mass is 10.1. The van der Waals surface area contributed by atoms with Crippen molar-refractivity contribution >= 4 is 40.5 Å². The molecule has 0 aliphatic carbocycles. The van der Waals surface area contributed by atoms with Crippen LogP contribution in [0.4, 0.5) is 21.7 Å². The zero-order valence-corrected chi connectivity index (χ0v) is 21.5. The number of hydrogen-bond acceptors (Lipinski definition) is 8. The molecule has 12 heteroatoms. The number of fused-ring (bicyclic) bond motifs is 3. The van der Waals surface area contributed by atoms with Crippen LogP contribution in [0.1, 0.15) is 6.92 Å². The number of rotatable bonds is 5. The van der Waals surface area contributed by atoms with Gasteiger partial charge in [0.1, 0.15) is 11.4 Å². The van der Waals surface area contributed by atoms with Crippen LogP contribution in [-0.4, -0.2) is 75.7 Å². The average Bonchev–Trinajstić information content (AvgIpc) is 3.34. The van der Waals surface area contributed by atoms with Crippen molar-refractivity contribution in [3.63, 3.8) is 0 Å². The van der Waals surface area contributed by atoms with Gasteiger partial charge in [-0.05, 0) is 24.3 Å². The zero-order chi connectivity index (χ0) is 26.4. The van der Waals surface area contributed by atoms with Crippen molar-refractivity contribution in [2.45, 2.75) is 19.1 Å². The summed E-state index contributed by atoms with van der Waals surface area (Å²) in [6.07, 6.45) is 4.64. The number of nitrogens with zero attached hydrogens (tertiary/aromatic N) is 6. The molecule has 6 rings (SSSR count). The van der Waals surface area contributed by atoms with Crippen LogP contribution in [-0.2, 0) is 9.53 Å². The third kappa shape index (κ3) is 4.48. The van der Waals surface area contributed by atoms with E-state index in [-0.39, 0.29) is 23.8 Å². The first kappa shape index (κ1) is 24.4. The van der Waals surface area contributed by atoms with Gasteiger partial charge < -0.3 is 24.6 Å². The summed E-state index contributed by atoms with van der Waals surface area (Å²) in [6, 6.07) is 8.80. The standard InChI is InChI=1S/C26H25ClFN7O3/c1-15(36)33-11-17-13-34(14-18(12-33)38-17)16-5-6-21(23(8-16)37-2)31-26-30-9-19(27)24(32-26)22-10-29-25-20(28)4-3-7-35(22)25/h3-10,17-18H,11-14H2,1-2H3,(H,30,31,32). The van der Waals surface area contributed by atoms with Crippen LogP contribution in [0.3, 0.4) is 0 Å². The lowest BCUT2D eigenvalue weighted by Crippen LogP contribution is -2.60. The van der Waals surface area contributed by atoms with Gasteiger partial charge in [-0.25, -0.2) is 19.3 Å². The highest BCUT2D eigenvalue weighted by atomic mass is 35.5. The summed E-state index contributed by atoms with van der Waals surface area (Å²) >= 11 is 6.41. The number of imidazole rings is 1. The maximum atomic E-state index is 14.1. The number of pyridine rings is 1. The van der Waals surface area contributed by atoms with E-state index >= 15 is 0 Å². The Morgan fingerprint density at radius 3 is 2.68 bits per heavy atom. The van der Waals surface area contributed by atoms with Gasteiger partial charge in [0.15, 0.2) is 11.5 Å². The molecular weight excluding hydrogens is 513 g/mol. The molecule has 2 aliphatic rings. The van der Waals surface area contributed by atoms with Gasteiger partial charge in [0.05, 0.1) is 48.1 Å². The smallest absolute Gasteiger partial charge is 0.227 e. The number of morpholine rings is 2. The van der Waals surface area contributed by atoms with Crippen molar-refractivity contribution in [1.29, 1.82) is 0 Å². The molecule has 4 aromatic rings. The highest BCUT2D eigenvalue weighted by molar-refractivity contribution is 6.32. The SMILES string of the molecule is COc1cc(N2CC3CN(C(C)=O)CC(C2)O3)ccc1Nc1ncc(Cl)c(-c2cnc3c(F)cccn23)n1. The maximum absolute atomic E-state index is 14.1. The molecule has 2 aliphatic heterocycles. The molecule has 196 valence electrons. The molecule has 2 atom stereocenters. The van der Waals surface area contributed by atoms with Gasteiger partial charge in [0, 0.05) is 51.1 Å². The summed E-state index contributed by atoms with van der Waals surface area (Å²) in [6.45, 7) is 4.14. The maximum Gasteiger partial charge on any atom is 0.227 e. The molecule has 38 heavy (non-hydrogen) atoms. The van der Waals surface area contributed by atoms with E-state index < -0.39 is 5.82 Å². The summed E-state index contributed by atoms with van der Waals surface area (Å²) in [5.74, 6) is 0.552. The summed E-state index contributed by atoms with van der Waals surface area (Å²) in [7, 11) is 1.60. The molecule has 1 amide bonds. The largest absolute Gasteiger partial charge is 0.494 e. The Hall–Kier alpha value is -3.96. The van der Waals surface area contributed by atoms with Gasteiger partial charge >= 0.3 is 0 Å². The van der Waals surface area contributed by atoms with Crippen molar-refractivity contribution < 1.29 is 18.7 Å². The Bertz CT molecular complexity index is 1520. The molecule has 0 saturated carbocycles. The molecule has 0 spiro atoms. The summed E-state index contributed by atoms with van der Waals surface area (Å²) < 4.78 is 27.5. The topological polar surface area (TPSA) is 97.1 Å². The minimum atomic E-state index is -0.438. The van der Waals surface area contributed by atoms with Crippen LogP contribution in [0.2, 0.25) is 5.02 Å².